The summed E-state index contributed by atoms with van der Waals surface area (Å²) in [5.74, 6) is 0.230. The number of rotatable bonds is 5. The molecule has 0 bridgehead atoms. The predicted molar refractivity (Wildman–Crippen MR) is 80.7 cm³/mol. The summed E-state index contributed by atoms with van der Waals surface area (Å²) in [6.07, 6.45) is 2.73. The van der Waals surface area contributed by atoms with Crippen LogP contribution in [0.2, 0.25) is 0 Å². The van der Waals surface area contributed by atoms with E-state index in [-0.39, 0.29) is 11.6 Å². The quantitative estimate of drug-likeness (QED) is 0.801. The van der Waals surface area contributed by atoms with Crippen LogP contribution in [0.5, 0.6) is 0 Å². The molecule has 1 aromatic rings. The number of hydrogen-bond acceptors (Lipinski definition) is 2. The molecule has 2 atom stereocenters. The Morgan fingerprint density at radius 1 is 1.47 bits per heavy atom. The summed E-state index contributed by atoms with van der Waals surface area (Å²) in [5, 5.41) is 3.83. The lowest BCUT2D eigenvalue weighted by Crippen LogP contribution is -2.39. The van der Waals surface area contributed by atoms with Crippen LogP contribution in [0.4, 0.5) is 8.78 Å². The summed E-state index contributed by atoms with van der Waals surface area (Å²) < 4.78 is 28.2. The first-order chi connectivity index (χ1) is 9.13. The average molecular weight is 350 g/mol. The number of thioether (sulfide) groups is 1. The van der Waals surface area contributed by atoms with Gasteiger partial charge in [0.2, 0.25) is 0 Å². The van der Waals surface area contributed by atoms with Gasteiger partial charge in [0.1, 0.15) is 11.6 Å². The molecule has 1 fully saturated rings. The molecular weight excluding hydrogens is 332 g/mol. The van der Waals surface area contributed by atoms with Crippen molar-refractivity contribution in [2.45, 2.75) is 37.5 Å². The Balaban J connectivity index is 2.18. The summed E-state index contributed by atoms with van der Waals surface area (Å²) in [5.41, 5.74) is 0.188. The zero-order valence-corrected chi connectivity index (χ0v) is 13.3. The van der Waals surface area contributed by atoms with Crippen LogP contribution < -0.4 is 5.32 Å². The van der Waals surface area contributed by atoms with Crippen molar-refractivity contribution in [1.29, 1.82) is 0 Å². The van der Waals surface area contributed by atoms with Gasteiger partial charge in [-0.15, -0.1) is 0 Å². The molecule has 1 saturated heterocycles. The van der Waals surface area contributed by atoms with Gasteiger partial charge in [-0.25, -0.2) is 8.78 Å². The number of hydrogen-bond donors (Lipinski definition) is 1. The Kier molecular flexibility index (Phi) is 5.66. The summed E-state index contributed by atoms with van der Waals surface area (Å²) in [4.78, 5) is 0. The fraction of sp³-hybridized carbons (Fsp3) is 0.571. The third-order valence-corrected chi connectivity index (χ3v) is 5.57. The zero-order valence-electron chi connectivity index (χ0n) is 10.9. The molecule has 1 nitrogen and oxygen atoms in total. The molecular formula is C14H18BrF2NS. The third kappa shape index (κ3) is 3.70. The van der Waals surface area contributed by atoms with Crippen molar-refractivity contribution in [2.24, 2.45) is 0 Å². The van der Waals surface area contributed by atoms with E-state index in [0.29, 0.717) is 16.1 Å². The van der Waals surface area contributed by atoms with E-state index in [0.717, 1.165) is 18.7 Å². The van der Waals surface area contributed by atoms with E-state index in [2.05, 4.69) is 21.2 Å². The highest BCUT2D eigenvalue weighted by Gasteiger charge is 2.27. The first kappa shape index (κ1) is 15.3. The summed E-state index contributed by atoms with van der Waals surface area (Å²) in [7, 11) is 0. The summed E-state index contributed by atoms with van der Waals surface area (Å²) in [6.45, 7) is 2.85. The molecule has 5 heteroatoms. The highest BCUT2D eigenvalue weighted by Crippen LogP contribution is 2.31. The van der Waals surface area contributed by atoms with Gasteiger partial charge in [-0.2, -0.15) is 11.8 Å². The fourth-order valence-corrected chi connectivity index (χ4v) is 4.26. The van der Waals surface area contributed by atoms with Crippen molar-refractivity contribution in [3.8, 4) is 0 Å². The van der Waals surface area contributed by atoms with E-state index in [1.165, 1.54) is 18.6 Å². The second-order valence-corrected chi connectivity index (χ2v) is 6.94. The van der Waals surface area contributed by atoms with Gasteiger partial charge in [-0.3, -0.25) is 0 Å². The molecule has 2 rings (SSSR count). The van der Waals surface area contributed by atoms with Gasteiger partial charge in [0.25, 0.3) is 0 Å². The molecule has 1 aromatic carbocycles. The van der Waals surface area contributed by atoms with Crippen LogP contribution >= 0.6 is 27.7 Å². The Morgan fingerprint density at radius 3 is 2.89 bits per heavy atom. The minimum atomic E-state index is -0.467. The van der Waals surface area contributed by atoms with Gasteiger partial charge in [0.15, 0.2) is 0 Å². The summed E-state index contributed by atoms with van der Waals surface area (Å²) in [6, 6.07) is 2.88. The van der Waals surface area contributed by atoms with E-state index >= 15 is 0 Å². The Labute approximate surface area is 125 Å². The van der Waals surface area contributed by atoms with E-state index < -0.39 is 11.6 Å². The maximum Gasteiger partial charge on any atom is 0.143 e. The minimum Gasteiger partial charge on any atom is -0.313 e. The monoisotopic (exact) mass is 349 g/mol. The molecule has 1 N–H and O–H groups in total. The zero-order chi connectivity index (χ0) is 13.8. The van der Waals surface area contributed by atoms with Crippen LogP contribution in [0, 0.1) is 11.6 Å². The molecule has 0 saturated carbocycles. The van der Waals surface area contributed by atoms with E-state index in [1.54, 1.807) is 0 Å². The molecule has 0 aromatic heterocycles. The highest BCUT2D eigenvalue weighted by atomic mass is 79.9. The van der Waals surface area contributed by atoms with Gasteiger partial charge in [-0.1, -0.05) is 6.92 Å². The first-order valence-electron chi connectivity index (χ1n) is 6.60. The first-order valence-corrected chi connectivity index (χ1v) is 8.45. The lowest BCUT2D eigenvalue weighted by molar-refractivity contribution is 0.467. The van der Waals surface area contributed by atoms with Crippen LogP contribution in [0.25, 0.3) is 0 Å². The number of likely N-dealkylation sites (N-methyl/N-ethyl adjacent to an activating group) is 1. The fourth-order valence-electron chi connectivity index (χ4n) is 2.49. The largest absolute Gasteiger partial charge is 0.313 e. The van der Waals surface area contributed by atoms with Crippen molar-refractivity contribution < 1.29 is 8.78 Å². The lowest BCUT2D eigenvalue weighted by atomic mass is 10.00. The predicted octanol–water partition coefficient (Wildman–Crippen LogP) is 4.14. The second-order valence-electron chi connectivity index (χ2n) is 4.74. The minimum absolute atomic E-state index is 0.135. The lowest BCUT2D eigenvalue weighted by Gasteiger charge is -2.24. The number of benzene rings is 1. The summed E-state index contributed by atoms with van der Waals surface area (Å²) >= 11 is 5.03. The van der Waals surface area contributed by atoms with Crippen LogP contribution in [0.15, 0.2) is 16.6 Å². The molecule has 0 amide bonds. The standard InChI is InChI=1S/C14H18BrF2NS/c1-2-18-12(13-4-3-7-19-13)8-9-11(16)6-5-10(15)14(9)17/h5-6,12-13,18H,2-4,7-8H2,1H3. The van der Waals surface area contributed by atoms with Crippen LogP contribution in [0.3, 0.4) is 0 Å². The Hall–Kier alpha value is -0.130. The van der Waals surface area contributed by atoms with Crippen molar-refractivity contribution >= 4 is 27.7 Å². The second kappa shape index (κ2) is 7.04. The molecule has 0 radical (unpaired) electrons. The molecule has 19 heavy (non-hydrogen) atoms. The van der Waals surface area contributed by atoms with Gasteiger partial charge in [-0.05, 0) is 59.6 Å². The molecule has 0 spiro atoms. The molecule has 2 unspecified atom stereocenters. The van der Waals surface area contributed by atoms with E-state index in [4.69, 9.17) is 0 Å². The van der Waals surface area contributed by atoms with Crippen LogP contribution in [-0.2, 0) is 6.42 Å². The van der Waals surface area contributed by atoms with Gasteiger partial charge >= 0.3 is 0 Å². The van der Waals surface area contributed by atoms with Crippen molar-refractivity contribution in [2.75, 3.05) is 12.3 Å². The number of nitrogens with one attached hydrogen (secondary N) is 1. The molecule has 0 aliphatic carbocycles. The topological polar surface area (TPSA) is 12.0 Å². The SMILES string of the molecule is CCNC(Cc1c(F)ccc(Br)c1F)C1CCCS1. The maximum atomic E-state index is 14.0. The highest BCUT2D eigenvalue weighted by molar-refractivity contribution is 9.10. The van der Waals surface area contributed by atoms with Gasteiger partial charge < -0.3 is 5.32 Å². The van der Waals surface area contributed by atoms with E-state index in [9.17, 15) is 8.78 Å². The van der Waals surface area contributed by atoms with Crippen molar-refractivity contribution in [1.82, 2.24) is 5.32 Å². The molecule has 106 valence electrons. The van der Waals surface area contributed by atoms with Crippen molar-refractivity contribution in [3.05, 3.63) is 33.8 Å². The molecule has 1 aliphatic rings. The van der Waals surface area contributed by atoms with Gasteiger partial charge in [0, 0.05) is 16.9 Å². The smallest absolute Gasteiger partial charge is 0.143 e. The average Bonchev–Trinajstić information content (AvgIpc) is 2.92. The third-order valence-electron chi connectivity index (χ3n) is 3.44. The molecule has 1 heterocycles. The molecule has 1 aliphatic heterocycles. The van der Waals surface area contributed by atoms with Crippen LogP contribution in [-0.4, -0.2) is 23.6 Å². The van der Waals surface area contributed by atoms with E-state index in [1.807, 2.05) is 18.7 Å². The Bertz CT molecular complexity index is 436. The Morgan fingerprint density at radius 2 is 2.26 bits per heavy atom. The van der Waals surface area contributed by atoms with Crippen molar-refractivity contribution in [3.63, 3.8) is 0 Å². The maximum absolute atomic E-state index is 14.0. The van der Waals surface area contributed by atoms with Gasteiger partial charge in [0.05, 0.1) is 4.47 Å². The normalized spacial score (nSPS) is 20.7. The number of halogens is 3. The van der Waals surface area contributed by atoms with Crippen LogP contribution in [0.1, 0.15) is 25.3 Å².